The first-order chi connectivity index (χ1) is 12.4. The second-order valence-electron chi connectivity index (χ2n) is 5.34. The molecular weight excluding hydrogens is 503 g/mol. The number of nitrogens with two attached hydrogens (primary N) is 1. The number of nitrogens with one attached hydrogen (secondary N) is 2. The molecule has 0 spiro atoms. The van der Waals surface area contributed by atoms with E-state index in [2.05, 4.69) is 15.0 Å². The predicted octanol–water partition coefficient (Wildman–Crippen LogP) is 2.81. The van der Waals surface area contributed by atoms with Crippen LogP contribution in [-0.2, 0) is 21.4 Å². The van der Waals surface area contributed by atoms with Gasteiger partial charge in [-0.1, -0.05) is 35.9 Å². The largest absolute Gasteiger partial charge is 0.380 e. The van der Waals surface area contributed by atoms with Crippen molar-refractivity contribution in [2.45, 2.75) is 11.5 Å². The van der Waals surface area contributed by atoms with E-state index in [4.69, 9.17) is 22.1 Å². The van der Waals surface area contributed by atoms with E-state index in [1.807, 2.05) is 24.3 Å². The van der Waals surface area contributed by atoms with Crippen LogP contribution < -0.4 is 15.8 Å². The predicted molar refractivity (Wildman–Crippen MR) is 119 cm³/mol. The van der Waals surface area contributed by atoms with Gasteiger partial charge in [-0.25, -0.2) is 13.1 Å². The van der Waals surface area contributed by atoms with Crippen LogP contribution in [0.5, 0.6) is 0 Å². The lowest BCUT2D eigenvalue weighted by Gasteiger charge is -2.11. The van der Waals surface area contributed by atoms with Crippen molar-refractivity contribution >= 4 is 57.2 Å². The number of halogens is 2. The minimum absolute atomic E-state index is 0. The third-order valence-electron chi connectivity index (χ3n) is 3.37. The number of benzene rings is 2. The first-order valence-electron chi connectivity index (χ1n) is 7.81. The van der Waals surface area contributed by atoms with E-state index in [9.17, 15) is 8.42 Å². The maximum atomic E-state index is 12.2. The molecule has 0 saturated heterocycles. The van der Waals surface area contributed by atoms with Crippen molar-refractivity contribution in [3.05, 3.63) is 59.1 Å². The summed E-state index contributed by atoms with van der Waals surface area (Å²) in [5, 5.41) is 3.34. The summed E-state index contributed by atoms with van der Waals surface area (Å²) in [6, 6.07) is 13.6. The first kappa shape index (κ1) is 23.6. The highest BCUT2D eigenvalue weighted by Crippen LogP contribution is 2.16. The normalized spacial score (nSPS) is 11.7. The van der Waals surface area contributed by atoms with Gasteiger partial charge in [0.15, 0.2) is 5.96 Å². The fourth-order valence-electron chi connectivity index (χ4n) is 2.17. The van der Waals surface area contributed by atoms with Crippen LogP contribution in [0, 0.1) is 0 Å². The summed E-state index contributed by atoms with van der Waals surface area (Å²) in [5.41, 5.74) is 7.58. The zero-order valence-electron chi connectivity index (χ0n) is 14.7. The average molecular weight is 525 g/mol. The fourth-order valence-corrected chi connectivity index (χ4v) is 3.50. The third-order valence-corrected chi connectivity index (χ3v) is 5.07. The number of para-hydroxylation sites is 1. The molecule has 0 aliphatic rings. The molecule has 2 aromatic carbocycles. The Kier molecular flexibility index (Phi) is 10.0. The Morgan fingerprint density at radius 1 is 1.22 bits per heavy atom. The zero-order chi connectivity index (χ0) is 19.0. The molecule has 7 nitrogen and oxygen atoms in total. The van der Waals surface area contributed by atoms with E-state index >= 15 is 0 Å². The molecule has 27 heavy (non-hydrogen) atoms. The highest BCUT2D eigenvalue weighted by Gasteiger charge is 2.13. The second-order valence-corrected chi connectivity index (χ2v) is 7.54. The summed E-state index contributed by atoms with van der Waals surface area (Å²) in [7, 11) is -2.02. The molecular formula is C17H22ClIN4O3S. The topological polar surface area (TPSA) is 106 Å². The van der Waals surface area contributed by atoms with Gasteiger partial charge in [0.25, 0.3) is 0 Å². The Balaban J connectivity index is 0.00000364. The Morgan fingerprint density at radius 2 is 1.96 bits per heavy atom. The van der Waals surface area contributed by atoms with E-state index in [0.717, 1.165) is 11.3 Å². The van der Waals surface area contributed by atoms with E-state index in [-0.39, 0.29) is 47.9 Å². The SMILES string of the molecule is COCc1ccccc1NC(N)=NCCNS(=O)(=O)c1cccc(Cl)c1.I. The highest BCUT2D eigenvalue weighted by molar-refractivity contribution is 14.0. The van der Waals surface area contributed by atoms with Gasteiger partial charge in [0, 0.05) is 29.9 Å². The third kappa shape index (κ3) is 7.62. The molecule has 0 aliphatic heterocycles. The molecule has 0 amide bonds. The van der Waals surface area contributed by atoms with Crippen LogP contribution in [0.1, 0.15) is 5.56 Å². The summed E-state index contributed by atoms with van der Waals surface area (Å²) >= 11 is 5.82. The Morgan fingerprint density at radius 3 is 2.67 bits per heavy atom. The fraction of sp³-hybridized carbons (Fsp3) is 0.235. The number of aliphatic imine (C=N–C) groups is 1. The van der Waals surface area contributed by atoms with Crippen LogP contribution in [0.25, 0.3) is 0 Å². The van der Waals surface area contributed by atoms with Gasteiger partial charge in [0.2, 0.25) is 10.0 Å². The molecule has 0 fully saturated rings. The standard InChI is InChI=1S/C17H21ClN4O3S.HI/c1-25-12-13-5-2-3-8-16(13)22-17(19)20-9-10-21-26(23,24)15-7-4-6-14(18)11-15;/h2-8,11,21H,9-10,12H2,1H3,(H3,19,20,22);1H. The monoisotopic (exact) mass is 524 g/mol. The Labute approximate surface area is 181 Å². The van der Waals surface area contributed by atoms with Crippen LogP contribution >= 0.6 is 35.6 Å². The van der Waals surface area contributed by atoms with Crippen molar-refractivity contribution < 1.29 is 13.2 Å². The lowest BCUT2D eigenvalue weighted by atomic mass is 10.2. The maximum Gasteiger partial charge on any atom is 0.240 e. The molecule has 0 aliphatic carbocycles. The van der Waals surface area contributed by atoms with Crippen LogP contribution in [0.4, 0.5) is 5.69 Å². The summed E-state index contributed by atoms with van der Waals surface area (Å²) in [4.78, 5) is 4.23. The zero-order valence-corrected chi connectivity index (χ0v) is 18.6. The van der Waals surface area contributed by atoms with Crippen LogP contribution in [0.15, 0.2) is 58.4 Å². The number of nitrogens with zero attached hydrogens (tertiary/aromatic N) is 1. The molecule has 2 rings (SSSR count). The van der Waals surface area contributed by atoms with Gasteiger partial charge in [0.1, 0.15) is 0 Å². The number of guanidine groups is 1. The summed E-state index contributed by atoms with van der Waals surface area (Å²) < 4.78 is 31.9. The molecule has 0 atom stereocenters. The maximum absolute atomic E-state index is 12.2. The van der Waals surface area contributed by atoms with Gasteiger partial charge in [-0.05, 0) is 24.3 Å². The minimum atomic E-state index is -3.64. The highest BCUT2D eigenvalue weighted by atomic mass is 127. The summed E-state index contributed by atoms with van der Waals surface area (Å²) in [5.74, 6) is 0.190. The van der Waals surface area contributed by atoms with E-state index < -0.39 is 10.0 Å². The van der Waals surface area contributed by atoms with Gasteiger partial charge in [-0.15, -0.1) is 24.0 Å². The first-order valence-corrected chi connectivity index (χ1v) is 9.67. The van der Waals surface area contributed by atoms with Crippen LogP contribution in [0.2, 0.25) is 5.02 Å². The van der Waals surface area contributed by atoms with Crippen molar-refractivity contribution in [2.24, 2.45) is 10.7 Å². The number of ether oxygens (including phenoxy) is 1. The molecule has 10 heteroatoms. The Bertz CT molecular complexity index is 878. The lowest BCUT2D eigenvalue weighted by Crippen LogP contribution is -2.28. The molecule has 0 aromatic heterocycles. The van der Waals surface area contributed by atoms with Gasteiger partial charge >= 0.3 is 0 Å². The van der Waals surface area contributed by atoms with E-state index in [1.165, 1.54) is 12.1 Å². The Hall–Kier alpha value is -1.40. The van der Waals surface area contributed by atoms with E-state index in [1.54, 1.807) is 19.2 Å². The number of sulfonamides is 1. The molecule has 2 aromatic rings. The van der Waals surface area contributed by atoms with E-state index in [0.29, 0.717) is 11.6 Å². The number of anilines is 1. The molecule has 0 saturated carbocycles. The average Bonchev–Trinajstić information content (AvgIpc) is 2.61. The van der Waals surface area contributed by atoms with Crippen molar-refractivity contribution in [1.29, 1.82) is 0 Å². The second kappa shape index (κ2) is 11.4. The van der Waals surface area contributed by atoms with Gasteiger partial charge < -0.3 is 15.8 Å². The molecule has 0 unspecified atom stereocenters. The number of hydrogen-bond acceptors (Lipinski definition) is 4. The van der Waals surface area contributed by atoms with Crippen molar-refractivity contribution in [3.8, 4) is 0 Å². The van der Waals surface area contributed by atoms with Crippen molar-refractivity contribution in [1.82, 2.24) is 4.72 Å². The lowest BCUT2D eigenvalue weighted by molar-refractivity contribution is 0.185. The summed E-state index contributed by atoms with van der Waals surface area (Å²) in [6.07, 6.45) is 0. The number of methoxy groups -OCH3 is 1. The molecule has 0 radical (unpaired) electrons. The molecule has 4 N–H and O–H groups in total. The van der Waals surface area contributed by atoms with Crippen molar-refractivity contribution in [2.75, 3.05) is 25.5 Å². The molecule has 148 valence electrons. The van der Waals surface area contributed by atoms with Crippen molar-refractivity contribution in [3.63, 3.8) is 0 Å². The summed E-state index contributed by atoms with van der Waals surface area (Å²) in [6.45, 7) is 0.734. The van der Waals surface area contributed by atoms with Gasteiger partial charge in [-0.2, -0.15) is 0 Å². The van der Waals surface area contributed by atoms with Crippen LogP contribution in [-0.4, -0.2) is 34.6 Å². The smallest absolute Gasteiger partial charge is 0.240 e. The molecule has 0 heterocycles. The van der Waals surface area contributed by atoms with Crippen LogP contribution in [0.3, 0.4) is 0 Å². The number of rotatable bonds is 8. The minimum Gasteiger partial charge on any atom is -0.380 e. The number of hydrogen-bond donors (Lipinski definition) is 3. The van der Waals surface area contributed by atoms with Gasteiger partial charge in [0.05, 0.1) is 18.0 Å². The molecule has 0 bridgehead atoms. The quantitative estimate of drug-likeness (QED) is 0.213. The van der Waals surface area contributed by atoms with Gasteiger partial charge in [-0.3, -0.25) is 4.99 Å².